The van der Waals surface area contributed by atoms with E-state index >= 15 is 0 Å². The van der Waals surface area contributed by atoms with Crippen LogP contribution >= 0.6 is 0 Å². The maximum Gasteiger partial charge on any atom is 0.246 e. The van der Waals surface area contributed by atoms with Crippen LogP contribution in [-0.2, 0) is 11.3 Å². The van der Waals surface area contributed by atoms with Crippen molar-refractivity contribution in [2.75, 3.05) is 20.8 Å². The van der Waals surface area contributed by atoms with Crippen LogP contribution in [0.15, 0.2) is 61.2 Å². The summed E-state index contributed by atoms with van der Waals surface area (Å²) >= 11 is 0. The average Bonchev–Trinajstić information content (AvgIpc) is 2.64. The van der Waals surface area contributed by atoms with E-state index in [2.05, 4.69) is 6.58 Å². The smallest absolute Gasteiger partial charge is 0.246 e. The summed E-state index contributed by atoms with van der Waals surface area (Å²) in [4.78, 5) is 13.8. The highest BCUT2D eigenvalue weighted by atomic mass is 19.1. The fourth-order valence-corrected chi connectivity index (χ4v) is 2.34. The molecule has 4 nitrogen and oxygen atoms in total. The van der Waals surface area contributed by atoms with Gasteiger partial charge in [0.05, 0.1) is 7.11 Å². The van der Waals surface area contributed by atoms with Crippen molar-refractivity contribution in [3.8, 4) is 11.5 Å². The Labute approximate surface area is 153 Å². The van der Waals surface area contributed by atoms with Crippen LogP contribution < -0.4 is 9.47 Å². The Bertz CT molecular complexity index is 802. The van der Waals surface area contributed by atoms with Crippen molar-refractivity contribution in [3.05, 3.63) is 78.1 Å². The summed E-state index contributed by atoms with van der Waals surface area (Å²) in [6.45, 7) is 4.32. The van der Waals surface area contributed by atoms with Gasteiger partial charge in [0, 0.05) is 19.7 Å². The summed E-state index contributed by atoms with van der Waals surface area (Å²) in [5, 5.41) is 0. The zero-order chi connectivity index (χ0) is 18.9. The minimum Gasteiger partial charge on any atom is -0.493 e. The molecule has 0 saturated carbocycles. The van der Waals surface area contributed by atoms with E-state index in [1.807, 2.05) is 6.07 Å². The Kier molecular flexibility index (Phi) is 6.97. The molecule has 136 valence electrons. The van der Waals surface area contributed by atoms with E-state index < -0.39 is 0 Å². The van der Waals surface area contributed by atoms with E-state index in [4.69, 9.17) is 9.47 Å². The van der Waals surface area contributed by atoms with Crippen molar-refractivity contribution in [3.63, 3.8) is 0 Å². The lowest BCUT2D eigenvalue weighted by Gasteiger charge is -2.15. The summed E-state index contributed by atoms with van der Waals surface area (Å²) in [5.41, 5.74) is 1.54. The van der Waals surface area contributed by atoms with E-state index in [-0.39, 0.29) is 11.7 Å². The van der Waals surface area contributed by atoms with Gasteiger partial charge >= 0.3 is 0 Å². The summed E-state index contributed by atoms with van der Waals surface area (Å²) < 4.78 is 24.0. The second-order valence-corrected chi connectivity index (χ2v) is 5.67. The normalized spacial score (nSPS) is 10.6. The van der Waals surface area contributed by atoms with Gasteiger partial charge in [-0.1, -0.05) is 30.9 Å². The molecule has 0 radical (unpaired) electrons. The second-order valence-electron chi connectivity index (χ2n) is 5.67. The third-order valence-electron chi connectivity index (χ3n) is 3.65. The molecule has 2 aromatic carbocycles. The maximum atomic E-state index is 13.2. The molecule has 2 rings (SSSR count). The highest BCUT2D eigenvalue weighted by Crippen LogP contribution is 2.28. The zero-order valence-corrected chi connectivity index (χ0v) is 14.9. The number of benzene rings is 2. The number of halogens is 1. The average molecular weight is 355 g/mol. The zero-order valence-electron chi connectivity index (χ0n) is 14.9. The van der Waals surface area contributed by atoms with Crippen LogP contribution in [0.2, 0.25) is 0 Å². The quantitative estimate of drug-likeness (QED) is 0.529. The first-order valence-corrected chi connectivity index (χ1v) is 8.13. The molecule has 26 heavy (non-hydrogen) atoms. The molecular formula is C21H22FNO3. The summed E-state index contributed by atoms with van der Waals surface area (Å²) in [6, 6.07) is 11.6. The highest BCUT2D eigenvalue weighted by molar-refractivity contribution is 5.91. The van der Waals surface area contributed by atoms with Crippen LogP contribution in [-0.4, -0.2) is 31.6 Å². The number of nitrogens with zero attached hydrogens (tertiary/aromatic N) is 1. The van der Waals surface area contributed by atoms with Gasteiger partial charge in [-0.15, -0.1) is 0 Å². The first kappa shape index (κ1) is 19.2. The molecular weight excluding hydrogens is 333 g/mol. The predicted molar refractivity (Wildman–Crippen MR) is 101 cm³/mol. The minimum atomic E-state index is -0.315. The van der Waals surface area contributed by atoms with E-state index in [0.29, 0.717) is 24.7 Å². The third-order valence-corrected chi connectivity index (χ3v) is 3.65. The van der Waals surface area contributed by atoms with E-state index in [1.54, 1.807) is 50.6 Å². The molecule has 0 atom stereocenters. The van der Waals surface area contributed by atoms with Gasteiger partial charge in [-0.3, -0.25) is 4.79 Å². The maximum absolute atomic E-state index is 13.2. The van der Waals surface area contributed by atoms with Crippen molar-refractivity contribution in [1.82, 2.24) is 4.90 Å². The number of hydrogen-bond donors (Lipinski definition) is 0. The van der Waals surface area contributed by atoms with E-state index in [1.165, 1.54) is 23.1 Å². The van der Waals surface area contributed by atoms with Gasteiger partial charge in [-0.2, -0.15) is 0 Å². The van der Waals surface area contributed by atoms with Crippen molar-refractivity contribution < 1.29 is 18.7 Å². The van der Waals surface area contributed by atoms with E-state index in [9.17, 15) is 9.18 Å². The second kappa shape index (κ2) is 9.42. The number of hydrogen-bond acceptors (Lipinski definition) is 3. The largest absolute Gasteiger partial charge is 0.493 e. The van der Waals surface area contributed by atoms with Gasteiger partial charge in [0.15, 0.2) is 11.5 Å². The highest BCUT2D eigenvalue weighted by Gasteiger charge is 2.08. The number of likely N-dealkylation sites (N-methyl/N-ethyl adjacent to an activating group) is 1. The van der Waals surface area contributed by atoms with Crippen LogP contribution in [0.4, 0.5) is 4.39 Å². The van der Waals surface area contributed by atoms with Gasteiger partial charge in [0.2, 0.25) is 5.91 Å². The number of ether oxygens (including phenoxy) is 2. The molecule has 0 heterocycles. The molecule has 5 heteroatoms. The Morgan fingerprint density at radius 1 is 1.23 bits per heavy atom. The van der Waals surface area contributed by atoms with Crippen molar-refractivity contribution in [2.24, 2.45) is 0 Å². The lowest BCUT2D eigenvalue weighted by Crippen LogP contribution is -2.24. The Morgan fingerprint density at radius 3 is 2.73 bits per heavy atom. The SMILES string of the molecule is C=CCOc1ccc(/C=C/C(=O)N(C)Cc2cccc(F)c2)cc1OC. The fraction of sp³-hybridized carbons (Fsp3) is 0.190. The number of carbonyl (C=O) groups excluding carboxylic acids is 1. The van der Waals surface area contributed by atoms with Crippen LogP contribution in [0.5, 0.6) is 11.5 Å². The summed E-state index contributed by atoms with van der Waals surface area (Å²) in [7, 11) is 3.23. The minimum absolute atomic E-state index is 0.180. The van der Waals surface area contributed by atoms with Gasteiger partial charge < -0.3 is 14.4 Å². The topological polar surface area (TPSA) is 38.8 Å². The molecule has 0 bridgehead atoms. The standard InChI is InChI=1S/C21H22FNO3/c1-4-12-26-19-10-8-16(14-20(19)25-3)9-11-21(24)23(2)15-17-6-5-7-18(22)13-17/h4-11,13-14H,1,12,15H2,2-3H3/b11-9+. The van der Waals surface area contributed by atoms with Gasteiger partial charge in [-0.25, -0.2) is 4.39 Å². The number of methoxy groups -OCH3 is 1. The predicted octanol–water partition coefficient (Wildman–Crippen LogP) is 4.07. The summed E-state index contributed by atoms with van der Waals surface area (Å²) in [5.74, 6) is 0.693. The molecule has 0 fully saturated rings. The first-order chi connectivity index (χ1) is 12.5. The molecule has 2 aromatic rings. The molecule has 0 saturated heterocycles. The molecule has 0 spiro atoms. The Hall–Kier alpha value is -3.08. The Morgan fingerprint density at radius 2 is 2.04 bits per heavy atom. The fourth-order valence-electron chi connectivity index (χ4n) is 2.34. The lowest BCUT2D eigenvalue weighted by molar-refractivity contribution is -0.125. The number of carbonyl (C=O) groups is 1. The molecule has 0 unspecified atom stereocenters. The summed E-state index contributed by atoms with van der Waals surface area (Å²) in [6.07, 6.45) is 4.82. The van der Waals surface area contributed by atoms with Crippen LogP contribution in [0, 0.1) is 5.82 Å². The molecule has 1 amide bonds. The first-order valence-electron chi connectivity index (χ1n) is 8.13. The third kappa shape index (κ3) is 5.48. The molecule has 0 aliphatic heterocycles. The number of amides is 1. The lowest BCUT2D eigenvalue weighted by atomic mass is 10.1. The molecule has 0 aromatic heterocycles. The monoisotopic (exact) mass is 355 g/mol. The molecule has 0 N–H and O–H groups in total. The number of rotatable bonds is 8. The van der Waals surface area contributed by atoms with Crippen molar-refractivity contribution in [2.45, 2.75) is 6.54 Å². The van der Waals surface area contributed by atoms with Gasteiger partial charge in [0.1, 0.15) is 12.4 Å². The van der Waals surface area contributed by atoms with Gasteiger partial charge in [-0.05, 0) is 41.5 Å². The molecule has 0 aliphatic carbocycles. The van der Waals surface area contributed by atoms with Crippen LogP contribution in [0.1, 0.15) is 11.1 Å². The van der Waals surface area contributed by atoms with E-state index in [0.717, 1.165) is 11.1 Å². The van der Waals surface area contributed by atoms with Crippen molar-refractivity contribution >= 4 is 12.0 Å². The van der Waals surface area contributed by atoms with Crippen LogP contribution in [0.3, 0.4) is 0 Å². The van der Waals surface area contributed by atoms with Gasteiger partial charge in [0.25, 0.3) is 0 Å². The van der Waals surface area contributed by atoms with Crippen molar-refractivity contribution in [1.29, 1.82) is 0 Å². The Balaban J connectivity index is 2.03. The van der Waals surface area contributed by atoms with Crippen LogP contribution in [0.25, 0.3) is 6.08 Å². The molecule has 0 aliphatic rings.